The summed E-state index contributed by atoms with van der Waals surface area (Å²) in [7, 11) is 1.24. The van der Waals surface area contributed by atoms with Gasteiger partial charge in [-0.25, -0.2) is 9.59 Å². The van der Waals surface area contributed by atoms with Gasteiger partial charge in [-0.2, -0.15) is 0 Å². The summed E-state index contributed by atoms with van der Waals surface area (Å²) in [5.74, 6) is -3.21. The van der Waals surface area contributed by atoms with Crippen LogP contribution in [0.15, 0.2) is 65.0 Å². The van der Waals surface area contributed by atoms with Gasteiger partial charge in [0.25, 0.3) is 11.8 Å². The number of fused-ring (bicyclic) bond motifs is 1. The number of hydrogen-bond donors (Lipinski definition) is 1. The molecule has 0 saturated heterocycles. The Bertz CT molecular complexity index is 1330. The Morgan fingerprint density at radius 1 is 0.917 bits per heavy atom. The maximum Gasteiger partial charge on any atom is 0.336 e. The number of imide groups is 1. The number of ether oxygens (including phenoxy) is 2. The highest BCUT2D eigenvalue weighted by atomic mass is 35.5. The summed E-state index contributed by atoms with van der Waals surface area (Å²) in [6.07, 6.45) is 0. The number of rotatable bonds is 6. The quantitative estimate of drug-likeness (QED) is 0.441. The van der Waals surface area contributed by atoms with Crippen LogP contribution in [0, 0.1) is 0 Å². The predicted octanol–water partition coefficient (Wildman–Crippen LogP) is 4.24. The molecule has 0 bridgehead atoms. The van der Waals surface area contributed by atoms with E-state index in [0.29, 0.717) is 28.1 Å². The predicted molar refractivity (Wildman–Crippen MR) is 133 cm³/mol. The summed E-state index contributed by atoms with van der Waals surface area (Å²) in [6, 6.07) is 11.4. The molecule has 8 nitrogen and oxygen atoms in total. The summed E-state index contributed by atoms with van der Waals surface area (Å²) in [5.41, 5.74) is 2.30. The molecule has 0 radical (unpaired) electrons. The number of benzene rings is 2. The SMILES string of the molecule is COC(=O)C1=C(C)NC(C)=C(C(=O)OCCN2C(=O)c3ccccc3C2=O)C1c1cccc(Cl)c1Cl. The fourth-order valence-corrected chi connectivity index (χ4v) is 4.87. The van der Waals surface area contributed by atoms with Gasteiger partial charge in [-0.15, -0.1) is 0 Å². The summed E-state index contributed by atoms with van der Waals surface area (Å²) in [5, 5.41) is 3.47. The number of carbonyl (C=O) groups is 4. The van der Waals surface area contributed by atoms with Crippen LogP contribution < -0.4 is 5.32 Å². The zero-order valence-corrected chi connectivity index (χ0v) is 21.2. The first-order chi connectivity index (χ1) is 17.2. The molecule has 0 aliphatic carbocycles. The molecule has 2 aliphatic heterocycles. The largest absolute Gasteiger partial charge is 0.466 e. The van der Waals surface area contributed by atoms with Gasteiger partial charge in [0.15, 0.2) is 0 Å². The molecule has 0 aromatic heterocycles. The molecule has 0 saturated carbocycles. The fourth-order valence-electron chi connectivity index (χ4n) is 4.45. The number of methoxy groups -OCH3 is 1. The molecule has 2 aromatic rings. The van der Waals surface area contributed by atoms with E-state index in [2.05, 4.69) is 5.32 Å². The molecule has 0 fully saturated rings. The van der Waals surface area contributed by atoms with Crippen molar-refractivity contribution in [2.75, 3.05) is 20.3 Å². The minimum Gasteiger partial charge on any atom is -0.466 e. The third kappa shape index (κ3) is 4.38. The molecule has 36 heavy (non-hydrogen) atoms. The first-order valence-electron chi connectivity index (χ1n) is 11.0. The number of halogens is 2. The Morgan fingerprint density at radius 3 is 2.08 bits per heavy atom. The van der Waals surface area contributed by atoms with Gasteiger partial charge >= 0.3 is 11.9 Å². The second-order valence-corrected chi connectivity index (χ2v) is 9.00. The van der Waals surface area contributed by atoms with Crippen LogP contribution in [0.5, 0.6) is 0 Å². The van der Waals surface area contributed by atoms with Crippen LogP contribution in [-0.2, 0) is 19.1 Å². The van der Waals surface area contributed by atoms with Crippen molar-refractivity contribution in [2.24, 2.45) is 0 Å². The van der Waals surface area contributed by atoms with Crippen molar-refractivity contribution in [3.05, 3.63) is 91.7 Å². The number of nitrogens with zero attached hydrogens (tertiary/aromatic N) is 1. The Morgan fingerprint density at radius 2 is 1.50 bits per heavy atom. The van der Waals surface area contributed by atoms with Gasteiger partial charge in [0.05, 0.1) is 51.9 Å². The van der Waals surface area contributed by atoms with Gasteiger partial charge in [0.2, 0.25) is 0 Å². The number of dihydropyridines is 1. The normalized spacial score (nSPS) is 17.2. The van der Waals surface area contributed by atoms with Crippen molar-refractivity contribution in [1.29, 1.82) is 0 Å². The zero-order chi connectivity index (χ0) is 26.1. The molecule has 2 aliphatic rings. The van der Waals surface area contributed by atoms with Crippen LogP contribution in [-0.4, -0.2) is 48.9 Å². The lowest BCUT2D eigenvalue weighted by Crippen LogP contribution is -2.35. The van der Waals surface area contributed by atoms with Crippen molar-refractivity contribution in [1.82, 2.24) is 10.2 Å². The molecule has 2 amide bonds. The van der Waals surface area contributed by atoms with Gasteiger partial charge < -0.3 is 14.8 Å². The smallest absolute Gasteiger partial charge is 0.336 e. The summed E-state index contributed by atoms with van der Waals surface area (Å²) < 4.78 is 10.5. The Balaban J connectivity index is 1.60. The van der Waals surface area contributed by atoms with Crippen LogP contribution >= 0.6 is 23.2 Å². The molecule has 2 aromatic carbocycles. The molecule has 186 valence electrons. The minimum absolute atomic E-state index is 0.126. The van der Waals surface area contributed by atoms with E-state index in [1.807, 2.05) is 0 Å². The Labute approximate surface area is 217 Å². The van der Waals surface area contributed by atoms with E-state index in [0.717, 1.165) is 4.90 Å². The van der Waals surface area contributed by atoms with Crippen molar-refractivity contribution in [3.8, 4) is 0 Å². The van der Waals surface area contributed by atoms with Gasteiger partial charge in [-0.1, -0.05) is 47.5 Å². The van der Waals surface area contributed by atoms with E-state index in [1.54, 1.807) is 56.3 Å². The fraction of sp³-hybridized carbons (Fsp3) is 0.231. The molecule has 0 spiro atoms. The Hall–Kier alpha value is -3.62. The van der Waals surface area contributed by atoms with Crippen LogP contribution in [0.3, 0.4) is 0 Å². The molecule has 4 rings (SSSR count). The molecule has 10 heteroatoms. The van der Waals surface area contributed by atoms with Crippen molar-refractivity contribution < 1.29 is 28.7 Å². The lowest BCUT2D eigenvalue weighted by Gasteiger charge is -2.31. The standard InChI is InChI=1S/C26H22Cl2N2O6/c1-13-19(25(33)35-3)21(17-9-6-10-18(27)22(17)28)20(14(2)29-13)26(34)36-12-11-30-23(31)15-7-4-5-8-16(15)24(30)32/h4-10,21,29H,11-12H2,1-3H3. The molecular weight excluding hydrogens is 507 g/mol. The van der Waals surface area contributed by atoms with Crippen LogP contribution in [0.25, 0.3) is 0 Å². The lowest BCUT2D eigenvalue weighted by molar-refractivity contribution is -0.139. The van der Waals surface area contributed by atoms with Gasteiger partial charge in [0, 0.05) is 11.4 Å². The second kappa shape index (κ2) is 10.2. The van der Waals surface area contributed by atoms with Gasteiger partial charge in [0.1, 0.15) is 6.61 Å². The number of amides is 2. The maximum absolute atomic E-state index is 13.3. The number of nitrogens with one attached hydrogen (secondary N) is 1. The summed E-state index contributed by atoms with van der Waals surface area (Å²) >= 11 is 12.7. The van der Waals surface area contributed by atoms with Crippen LogP contribution in [0.2, 0.25) is 10.0 Å². The summed E-state index contributed by atoms with van der Waals surface area (Å²) in [6.45, 7) is 2.99. The number of allylic oxidation sites excluding steroid dienone is 2. The topological polar surface area (TPSA) is 102 Å². The van der Waals surface area contributed by atoms with E-state index in [-0.39, 0.29) is 34.3 Å². The van der Waals surface area contributed by atoms with Crippen LogP contribution in [0.1, 0.15) is 46.0 Å². The van der Waals surface area contributed by atoms with Gasteiger partial charge in [-0.3, -0.25) is 14.5 Å². The highest BCUT2D eigenvalue weighted by Gasteiger charge is 2.40. The monoisotopic (exact) mass is 528 g/mol. The molecule has 2 heterocycles. The van der Waals surface area contributed by atoms with Crippen molar-refractivity contribution in [3.63, 3.8) is 0 Å². The molecular formula is C26H22Cl2N2O6. The number of carbonyl (C=O) groups excluding carboxylic acids is 4. The van der Waals surface area contributed by atoms with E-state index in [9.17, 15) is 19.2 Å². The first-order valence-corrected chi connectivity index (χ1v) is 11.8. The van der Waals surface area contributed by atoms with E-state index < -0.39 is 29.7 Å². The Kier molecular flexibility index (Phi) is 7.19. The minimum atomic E-state index is -0.920. The van der Waals surface area contributed by atoms with Crippen LogP contribution in [0.4, 0.5) is 0 Å². The zero-order valence-electron chi connectivity index (χ0n) is 19.7. The highest BCUT2D eigenvalue weighted by Crippen LogP contribution is 2.43. The number of esters is 2. The lowest BCUT2D eigenvalue weighted by atomic mass is 9.80. The third-order valence-corrected chi connectivity index (χ3v) is 6.94. The molecule has 1 N–H and O–H groups in total. The van der Waals surface area contributed by atoms with Gasteiger partial charge in [-0.05, 0) is 37.6 Å². The second-order valence-electron chi connectivity index (χ2n) is 8.21. The third-order valence-electron chi connectivity index (χ3n) is 6.10. The van der Waals surface area contributed by atoms with E-state index >= 15 is 0 Å². The average Bonchev–Trinajstić information content (AvgIpc) is 3.09. The average molecular weight is 529 g/mol. The number of hydrogen-bond acceptors (Lipinski definition) is 7. The highest BCUT2D eigenvalue weighted by molar-refractivity contribution is 6.42. The molecule has 1 unspecified atom stereocenters. The van der Waals surface area contributed by atoms with Crippen molar-refractivity contribution in [2.45, 2.75) is 19.8 Å². The van der Waals surface area contributed by atoms with Crippen molar-refractivity contribution >= 4 is 47.0 Å². The first kappa shape index (κ1) is 25.5. The molecule has 1 atom stereocenters. The van der Waals surface area contributed by atoms with E-state index in [4.69, 9.17) is 32.7 Å². The summed E-state index contributed by atoms with van der Waals surface area (Å²) in [4.78, 5) is 52.3. The van der Waals surface area contributed by atoms with E-state index in [1.165, 1.54) is 7.11 Å². The maximum atomic E-state index is 13.3.